The molecule has 0 saturated carbocycles. The first-order valence-electron chi connectivity index (χ1n) is 9.69. The van der Waals surface area contributed by atoms with Crippen LogP contribution >= 0.6 is 0 Å². The largest absolute Gasteiger partial charge is 0.452 e. The molecule has 2 heterocycles. The average molecular weight is 374 g/mol. The minimum Gasteiger partial charge on any atom is -0.452 e. The predicted octanol–water partition coefficient (Wildman–Crippen LogP) is 5.02. The van der Waals surface area contributed by atoms with Gasteiger partial charge in [-0.1, -0.05) is 30.3 Å². The molecule has 1 N–H and O–H groups in total. The second-order valence-corrected chi connectivity index (χ2v) is 7.50. The van der Waals surface area contributed by atoms with Crippen molar-refractivity contribution in [3.8, 4) is 11.6 Å². The van der Waals surface area contributed by atoms with Crippen molar-refractivity contribution in [2.75, 3.05) is 32.5 Å². The Morgan fingerprint density at radius 1 is 0.964 bits per heavy atom. The van der Waals surface area contributed by atoms with Gasteiger partial charge in [-0.2, -0.15) is 0 Å². The number of benzene rings is 2. The highest BCUT2D eigenvalue weighted by molar-refractivity contribution is 5.93. The Bertz CT molecular complexity index is 1130. The van der Waals surface area contributed by atoms with Gasteiger partial charge in [-0.25, -0.2) is 9.97 Å². The van der Waals surface area contributed by atoms with Crippen LogP contribution in [0.1, 0.15) is 17.5 Å². The molecule has 0 unspecified atom stereocenters. The number of nitrogens with one attached hydrogen (secondary N) is 1. The van der Waals surface area contributed by atoms with Crippen LogP contribution in [0.3, 0.4) is 0 Å². The maximum atomic E-state index is 6.13. The van der Waals surface area contributed by atoms with Gasteiger partial charge in [0.05, 0.1) is 5.52 Å². The van der Waals surface area contributed by atoms with Crippen molar-refractivity contribution in [2.45, 2.75) is 20.3 Å². The van der Waals surface area contributed by atoms with E-state index >= 15 is 0 Å². The van der Waals surface area contributed by atoms with E-state index in [4.69, 9.17) is 14.4 Å². The van der Waals surface area contributed by atoms with Gasteiger partial charge in [0, 0.05) is 22.9 Å². The molecule has 0 spiro atoms. The average Bonchev–Trinajstić information content (AvgIpc) is 3.02. The molecule has 0 aliphatic rings. The molecule has 0 amide bonds. The Morgan fingerprint density at radius 2 is 1.75 bits per heavy atom. The number of rotatable bonds is 6. The van der Waals surface area contributed by atoms with Gasteiger partial charge >= 0.3 is 0 Å². The van der Waals surface area contributed by atoms with Crippen LogP contribution in [0.4, 0.5) is 5.82 Å². The molecule has 0 fully saturated rings. The maximum absolute atomic E-state index is 6.13. The van der Waals surface area contributed by atoms with E-state index in [1.165, 1.54) is 0 Å². The summed E-state index contributed by atoms with van der Waals surface area (Å²) >= 11 is 0. The fraction of sp³-hybridized carbons (Fsp3) is 0.304. The standard InChI is InChI=1S/C23H26N4O/c1-15-9-7-11-18-20(15)25-23(26-22(18)24-13-8-14-27(3)4)21-16(2)17-10-5-6-12-19(17)28-21/h5-7,9-12H,8,13-14H2,1-4H3,(H,24,25,26). The van der Waals surface area contributed by atoms with Gasteiger partial charge in [-0.3, -0.25) is 0 Å². The van der Waals surface area contributed by atoms with E-state index in [0.717, 1.165) is 64.1 Å². The van der Waals surface area contributed by atoms with Crippen molar-refractivity contribution in [3.05, 3.63) is 53.6 Å². The summed E-state index contributed by atoms with van der Waals surface area (Å²) in [5.41, 5.74) is 4.03. The van der Waals surface area contributed by atoms with Crippen LogP contribution < -0.4 is 5.32 Å². The Morgan fingerprint density at radius 3 is 2.54 bits per heavy atom. The highest BCUT2D eigenvalue weighted by Gasteiger charge is 2.17. The summed E-state index contributed by atoms with van der Waals surface area (Å²) in [6, 6.07) is 14.3. The highest BCUT2D eigenvalue weighted by atomic mass is 16.3. The number of aromatic nitrogens is 2. The van der Waals surface area contributed by atoms with E-state index in [0.29, 0.717) is 5.82 Å². The fourth-order valence-electron chi connectivity index (χ4n) is 3.52. The third-order valence-electron chi connectivity index (χ3n) is 5.05. The first-order valence-corrected chi connectivity index (χ1v) is 9.69. The highest BCUT2D eigenvalue weighted by Crippen LogP contribution is 2.33. The molecule has 5 heteroatoms. The molecule has 2 aromatic heterocycles. The van der Waals surface area contributed by atoms with E-state index in [1.807, 2.05) is 18.2 Å². The number of furan rings is 1. The summed E-state index contributed by atoms with van der Waals surface area (Å²) in [6.45, 7) is 6.04. The van der Waals surface area contributed by atoms with Crippen LogP contribution in [0, 0.1) is 13.8 Å². The molecule has 0 aliphatic heterocycles. The van der Waals surface area contributed by atoms with Gasteiger partial charge in [-0.05, 0) is 58.6 Å². The first kappa shape index (κ1) is 18.4. The summed E-state index contributed by atoms with van der Waals surface area (Å²) in [4.78, 5) is 11.9. The van der Waals surface area contributed by atoms with Gasteiger partial charge < -0.3 is 14.6 Å². The summed E-state index contributed by atoms with van der Waals surface area (Å²) < 4.78 is 6.13. The number of aryl methyl sites for hydroxylation is 2. The lowest BCUT2D eigenvalue weighted by Crippen LogP contribution is -2.17. The quantitative estimate of drug-likeness (QED) is 0.480. The van der Waals surface area contributed by atoms with Crippen molar-refractivity contribution in [3.63, 3.8) is 0 Å². The van der Waals surface area contributed by atoms with Gasteiger partial charge in [0.1, 0.15) is 11.4 Å². The molecule has 4 rings (SSSR count). The second kappa shape index (κ2) is 7.60. The summed E-state index contributed by atoms with van der Waals surface area (Å²) in [6.07, 6.45) is 1.04. The zero-order chi connectivity index (χ0) is 19.7. The van der Waals surface area contributed by atoms with Crippen LogP contribution in [0.15, 0.2) is 46.9 Å². The van der Waals surface area contributed by atoms with Gasteiger partial charge in [0.25, 0.3) is 0 Å². The van der Waals surface area contributed by atoms with Crippen LogP contribution in [-0.4, -0.2) is 42.1 Å². The predicted molar refractivity (Wildman–Crippen MR) is 116 cm³/mol. The van der Waals surface area contributed by atoms with Crippen molar-refractivity contribution in [2.24, 2.45) is 0 Å². The van der Waals surface area contributed by atoms with Gasteiger partial charge in [0.2, 0.25) is 0 Å². The number of para-hydroxylation sites is 2. The van der Waals surface area contributed by atoms with Crippen LogP contribution in [0.5, 0.6) is 0 Å². The third-order valence-corrected chi connectivity index (χ3v) is 5.05. The van der Waals surface area contributed by atoms with Crippen molar-refractivity contribution < 1.29 is 4.42 Å². The van der Waals surface area contributed by atoms with Crippen LogP contribution in [0.2, 0.25) is 0 Å². The zero-order valence-electron chi connectivity index (χ0n) is 16.9. The normalized spacial score (nSPS) is 11.6. The molecule has 4 aromatic rings. The minimum absolute atomic E-state index is 0.630. The second-order valence-electron chi connectivity index (χ2n) is 7.50. The fourth-order valence-corrected chi connectivity index (χ4v) is 3.52. The number of nitrogens with zero attached hydrogens (tertiary/aromatic N) is 3. The van der Waals surface area contributed by atoms with Crippen LogP contribution in [-0.2, 0) is 0 Å². The molecular weight excluding hydrogens is 348 g/mol. The zero-order valence-corrected chi connectivity index (χ0v) is 16.9. The number of hydrogen-bond donors (Lipinski definition) is 1. The molecule has 0 bridgehead atoms. The summed E-state index contributed by atoms with van der Waals surface area (Å²) in [7, 11) is 4.18. The lowest BCUT2D eigenvalue weighted by molar-refractivity contribution is 0.405. The van der Waals surface area contributed by atoms with E-state index in [9.17, 15) is 0 Å². The van der Waals surface area contributed by atoms with E-state index < -0.39 is 0 Å². The summed E-state index contributed by atoms with van der Waals surface area (Å²) in [5, 5.41) is 5.66. The van der Waals surface area contributed by atoms with Crippen molar-refractivity contribution in [1.29, 1.82) is 0 Å². The SMILES string of the molecule is Cc1c(-c2nc(NCCCN(C)C)c3cccc(C)c3n2)oc2ccccc12. The Kier molecular flexibility index (Phi) is 5.01. The smallest absolute Gasteiger partial charge is 0.198 e. The van der Waals surface area contributed by atoms with Crippen molar-refractivity contribution in [1.82, 2.24) is 14.9 Å². The first-order chi connectivity index (χ1) is 13.5. The van der Waals surface area contributed by atoms with Gasteiger partial charge in [0.15, 0.2) is 11.6 Å². The molecule has 0 saturated heterocycles. The van der Waals surface area contributed by atoms with Crippen molar-refractivity contribution >= 4 is 27.7 Å². The lowest BCUT2D eigenvalue weighted by atomic mass is 10.1. The molecule has 144 valence electrons. The molecule has 0 atom stereocenters. The number of anilines is 1. The van der Waals surface area contributed by atoms with Gasteiger partial charge in [-0.15, -0.1) is 0 Å². The molecule has 2 aromatic carbocycles. The molecule has 28 heavy (non-hydrogen) atoms. The molecule has 0 aliphatic carbocycles. The lowest BCUT2D eigenvalue weighted by Gasteiger charge is -2.13. The van der Waals surface area contributed by atoms with E-state index in [1.54, 1.807) is 0 Å². The Labute approximate surface area is 165 Å². The Balaban J connectivity index is 1.80. The van der Waals surface area contributed by atoms with E-state index in [2.05, 4.69) is 62.4 Å². The van der Waals surface area contributed by atoms with E-state index in [-0.39, 0.29) is 0 Å². The topological polar surface area (TPSA) is 54.2 Å². The monoisotopic (exact) mass is 374 g/mol. The Hall–Kier alpha value is -2.92. The number of fused-ring (bicyclic) bond motifs is 2. The summed E-state index contributed by atoms with van der Waals surface area (Å²) in [5.74, 6) is 2.23. The minimum atomic E-state index is 0.630. The maximum Gasteiger partial charge on any atom is 0.198 e. The molecular formula is C23H26N4O. The van der Waals surface area contributed by atoms with Crippen LogP contribution in [0.25, 0.3) is 33.5 Å². The molecule has 5 nitrogen and oxygen atoms in total. The third kappa shape index (κ3) is 3.45. The number of hydrogen-bond acceptors (Lipinski definition) is 5. The molecule has 0 radical (unpaired) electrons.